The third-order valence-electron chi connectivity index (χ3n) is 2.94. The molecule has 0 atom stereocenters. The van der Waals surface area contributed by atoms with Gasteiger partial charge < -0.3 is 15.2 Å². The van der Waals surface area contributed by atoms with Gasteiger partial charge in [-0.25, -0.2) is 4.79 Å². The molecule has 1 heterocycles. The van der Waals surface area contributed by atoms with Crippen molar-refractivity contribution >= 4 is 39.0 Å². The molecule has 0 fully saturated rings. The van der Waals surface area contributed by atoms with Crippen molar-refractivity contribution < 1.29 is 19.4 Å². The third kappa shape index (κ3) is 4.41. The average molecular weight is 319 g/mol. The van der Waals surface area contributed by atoms with Crippen molar-refractivity contribution in [2.75, 3.05) is 18.5 Å². The molecule has 2 aromatic rings. The highest BCUT2D eigenvalue weighted by Crippen LogP contribution is 2.28. The molecule has 0 saturated heterocycles. The second kappa shape index (κ2) is 7.72. The summed E-state index contributed by atoms with van der Waals surface area (Å²) in [5.41, 5.74) is 0.666. The van der Waals surface area contributed by atoms with Gasteiger partial charge in [0.15, 0.2) is 0 Å². The Labute approximate surface area is 132 Å². The fraction of sp³-hybridized carbons (Fsp3) is 0.250. The van der Waals surface area contributed by atoms with Crippen LogP contribution in [0.4, 0.5) is 5.69 Å². The Morgan fingerprint density at radius 1 is 1.36 bits per heavy atom. The highest BCUT2D eigenvalue weighted by atomic mass is 32.1. The maximum Gasteiger partial charge on any atom is 0.345 e. The Hall–Kier alpha value is -2.18. The fourth-order valence-electron chi connectivity index (χ4n) is 1.95. The van der Waals surface area contributed by atoms with E-state index in [-0.39, 0.29) is 10.8 Å². The molecule has 0 spiro atoms. The normalized spacial score (nSPS) is 10.5. The maximum atomic E-state index is 11.8. The first-order valence-electron chi connectivity index (χ1n) is 6.85. The van der Waals surface area contributed by atoms with E-state index in [4.69, 9.17) is 9.84 Å². The molecule has 0 aliphatic heterocycles. The first kappa shape index (κ1) is 16.2. The molecular formula is C16H17NO4S. The Morgan fingerprint density at radius 3 is 2.91 bits per heavy atom. The predicted molar refractivity (Wildman–Crippen MR) is 87.7 cm³/mol. The van der Waals surface area contributed by atoms with Crippen LogP contribution in [0.5, 0.6) is 0 Å². The number of thiophene rings is 1. The second-order valence-electron chi connectivity index (χ2n) is 4.68. The van der Waals surface area contributed by atoms with Gasteiger partial charge in [0, 0.05) is 23.4 Å². The van der Waals surface area contributed by atoms with Gasteiger partial charge in [0.1, 0.15) is 4.88 Å². The summed E-state index contributed by atoms with van der Waals surface area (Å²) in [6.45, 7) is 4.55. The lowest BCUT2D eigenvalue weighted by molar-refractivity contribution is -0.116. The Kier molecular flexibility index (Phi) is 5.68. The van der Waals surface area contributed by atoms with Crippen molar-refractivity contribution in [1.29, 1.82) is 0 Å². The first-order valence-corrected chi connectivity index (χ1v) is 7.67. The quantitative estimate of drug-likeness (QED) is 0.576. The maximum absolute atomic E-state index is 11.8. The van der Waals surface area contributed by atoms with Crippen LogP contribution < -0.4 is 5.32 Å². The van der Waals surface area contributed by atoms with Crippen LogP contribution in [0.3, 0.4) is 0 Å². The van der Waals surface area contributed by atoms with Gasteiger partial charge in [-0.3, -0.25) is 4.79 Å². The van der Waals surface area contributed by atoms with Crippen molar-refractivity contribution in [2.45, 2.75) is 12.8 Å². The summed E-state index contributed by atoms with van der Waals surface area (Å²) in [6, 6.07) is 6.98. The number of rotatable bonds is 8. The number of carboxylic acid groups (broad SMARTS) is 1. The number of carbonyl (C=O) groups is 2. The number of anilines is 1. The Bertz CT molecular complexity index is 693. The Balaban J connectivity index is 1.92. The summed E-state index contributed by atoms with van der Waals surface area (Å²) in [6.07, 6.45) is 2.68. The lowest BCUT2D eigenvalue weighted by atomic mass is 10.2. The second-order valence-corrected chi connectivity index (χ2v) is 5.77. The number of nitrogens with one attached hydrogen (secondary N) is 1. The molecule has 1 aromatic heterocycles. The molecule has 1 aromatic carbocycles. The minimum atomic E-state index is -0.939. The number of carboxylic acids is 1. The molecule has 0 bridgehead atoms. The average Bonchev–Trinajstić information content (AvgIpc) is 2.90. The van der Waals surface area contributed by atoms with E-state index in [1.54, 1.807) is 24.3 Å². The molecule has 116 valence electrons. The van der Waals surface area contributed by atoms with Gasteiger partial charge in [0.05, 0.1) is 6.61 Å². The van der Waals surface area contributed by atoms with Gasteiger partial charge in [-0.05, 0) is 36.1 Å². The van der Waals surface area contributed by atoms with E-state index in [9.17, 15) is 9.59 Å². The summed E-state index contributed by atoms with van der Waals surface area (Å²) in [4.78, 5) is 23.1. The number of aromatic carboxylic acids is 1. The number of benzene rings is 1. The lowest BCUT2D eigenvalue weighted by Crippen LogP contribution is -2.12. The van der Waals surface area contributed by atoms with E-state index in [1.807, 2.05) is 6.07 Å². The summed E-state index contributed by atoms with van der Waals surface area (Å²) in [5.74, 6) is -1.03. The summed E-state index contributed by atoms with van der Waals surface area (Å²) >= 11 is 1.22. The largest absolute Gasteiger partial charge is 0.477 e. The van der Waals surface area contributed by atoms with Crippen molar-refractivity contribution in [2.24, 2.45) is 0 Å². The van der Waals surface area contributed by atoms with Crippen LogP contribution in [0.2, 0.25) is 0 Å². The van der Waals surface area contributed by atoms with E-state index in [1.165, 1.54) is 11.3 Å². The lowest BCUT2D eigenvalue weighted by Gasteiger charge is -2.05. The molecular weight excluding hydrogens is 302 g/mol. The highest BCUT2D eigenvalue weighted by Gasteiger charge is 2.09. The summed E-state index contributed by atoms with van der Waals surface area (Å²) in [7, 11) is 0. The van der Waals surface area contributed by atoms with Gasteiger partial charge >= 0.3 is 5.97 Å². The minimum absolute atomic E-state index is 0.0877. The molecule has 5 nitrogen and oxygen atoms in total. The van der Waals surface area contributed by atoms with Crippen LogP contribution in [0.25, 0.3) is 10.1 Å². The van der Waals surface area contributed by atoms with Crippen LogP contribution in [0.15, 0.2) is 36.9 Å². The molecule has 0 aliphatic rings. The van der Waals surface area contributed by atoms with Crippen LogP contribution in [0.1, 0.15) is 22.5 Å². The number of amides is 1. The number of hydrogen-bond donors (Lipinski definition) is 2. The molecule has 0 unspecified atom stereocenters. The third-order valence-corrected chi connectivity index (χ3v) is 4.04. The molecule has 0 aliphatic carbocycles. The van der Waals surface area contributed by atoms with Crippen LogP contribution >= 0.6 is 11.3 Å². The van der Waals surface area contributed by atoms with Crippen LogP contribution in [-0.4, -0.2) is 30.2 Å². The number of carbonyl (C=O) groups excluding carboxylic acids is 1. The van der Waals surface area contributed by atoms with Gasteiger partial charge in [-0.1, -0.05) is 6.08 Å². The zero-order chi connectivity index (χ0) is 15.9. The van der Waals surface area contributed by atoms with Crippen molar-refractivity contribution in [3.63, 3.8) is 0 Å². The predicted octanol–water partition coefficient (Wildman–Crippen LogP) is 3.52. The highest BCUT2D eigenvalue weighted by molar-refractivity contribution is 7.20. The number of ether oxygens (including phenoxy) is 1. The van der Waals surface area contributed by atoms with Crippen molar-refractivity contribution in [1.82, 2.24) is 0 Å². The Morgan fingerprint density at radius 2 is 2.18 bits per heavy atom. The number of fused-ring (bicyclic) bond motifs is 1. The molecule has 2 rings (SSSR count). The summed E-state index contributed by atoms with van der Waals surface area (Å²) in [5, 5.41) is 12.6. The van der Waals surface area contributed by atoms with Gasteiger partial charge in [-0.15, -0.1) is 17.9 Å². The molecule has 2 N–H and O–H groups in total. The van der Waals surface area contributed by atoms with Gasteiger partial charge in [-0.2, -0.15) is 0 Å². The molecule has 0 saturated carbocycles. The van der Waals surface area contributed by atoms with E-state index in [2.05, 4.69) is 11.9 Å². The van der Waals surface area contributed by atoms with Gasteiger partial charge in [0.2, 0.25) is 5.91 Å². The minimum Gasteiger partial charge on any atom is -0.477 e. The van der Waals surface area contributed by atoms with E-state index >= 15 is 0 Å². The summed E-state index contributed by atoms with van der Waals surface area (Å²) < 4.78 is 6.10. The molecule has 22 heavy (non-hydrogen) atoms. The SMILES string of the molecule is C=CCOCCCC(=O)Nc1ccc2sc(C(=O)O)cc2c1. The van der Waals surface area contributed by atoms with E-state index < -0.39 is 5.97 Å². The van der Waals surface area contributed by atoms with Crippen LogP contribution in [-0.2, 0) is 9.53 Å². The van der Waals surface area contributed by atoms with Crippen molar-refractivity contribution in [3.05, 3.63) is 41.8 Å². The van der Waals surface area contributed by atoms with Gasteiger partial charge in [0.25, 0.3) is 0 Å². The van der Waals surface area contributed by atoms with Crippen LogP contribution in [0, 0.1) is 0 Å². The van der Waals surface area contributed by atoms with E-state index in [0.717, 1.165) is 10.1 Å². The zero-order valence-corrected chi connectivity index (χ0v) is 12.8. The fourth-order valence-corrected chi connectivity index (χ4v) is 2.83. The monoisotopic (exact) mass is 319 g/mol. The van der Waals surface area contributed by atoms with E-state index in [0.29, 0.717) is 31.7 Å². The smallest absolute Gasteiger partial charge is 0.345 e. The molecule has 0 radical (unpaired) electrons. The topological polar surface area (TPSA) is 75.6 Å². The first-order chi connectivity index (χ1) is 10.6. The molecule has 1 amide bonds. The standard InChI is InChI=1S/C16H17NO4S/c1-2-7-21-8-3-4-15(18)17-12-5-6-13-11(9-12)10-14(22-13)16(19)20/h2,5-6,9-10H,1,3-4,7-8H2,(H,17,18)(H,19,20). The van der Waals surface area contributed by atoms with Crippen molar-refractivity contribution in [3.8, 4) is 0 Å². The number of hydrogen-bond acceptors (Lipinski definition) is 4. The zero-order valence-electron chi connectivity index (χ0n) is 12.0. The molecule has 6 heteroatoms.